The molecule has 35 heavy (non-hydrogen) atoms. The van der Waals surface area contributed by atoms with Crippen molar-refractivity contribution in [3.8, 4) is 5.88 Å². The molecule has 9 heteroatoms. The smallest absolute Gasteiger partial charge is 0.328 e. The van der Waals surface area contributed by atoms with E-state index in [0.717, 1.165) is 30.3 Å². The van der Waals surface area contributed by atoms with E-state index < -0.39 is 11.9 Å². The lowest BCUT2D eigenvalue weighted by molar-refractivity contribution is -0.134. The molecule has 0 aliphatic rings. The first kappa shape index (κ1) is 27.3. The van der Waals surface area contributed by atoms with Crippen LogP contribution in [0.15, 0.2) is 60.9 Å². The maximum absolute atomic E-state index is 13.0. The number of aromatic amines is 1. The summed E-state index contributed by atoms with van der Waals surface area (Å²) < 4.78 is 5.84. The number of aliphatic carboxylic acids is 2. The molecule has 0 aliphatic carbocycles. The molecule has 0 bridgehead atoms. The number of fused-ring (bicyclic) bond motifs is 1. The van der Waals surface area contributed by atoms with Crippen molar-refractivity contribution in [2.75, 3.05) is 27.2 Å². The molecular formula is C26H31N3O6. The number of carboxylic acid groups (broad SMARTS) is 2. The molecule has 0 radical (unpaired) electrons. The summed E-state index contributed by atoms with van der Waals surface area (Å²) in [5, 5.41) is 16.5. The van der Waals surface area contributed by atoms with Crippen LogP contribution in [0.4, 0.5) is 0 Å². The minimum atomic E-state index is -1.26. The Hall–Kier alpha value is -3.98. The Morgan fingerprint density at radius 1 is 0.943 bits per heavy atom. The Labute approximate surface area is 204 Å². The average Bonchev–Trinajstić information content (AvgIpc) is 3.26. The first-order valence-corrected chi connectivity index (χ1v) is 11.3. The molecule has 2 aromatic heterocycles. The number of nitrogens with one attached hydrogen (secondary N) is 1. The van der Waals surface area contributed by atoms with Crippen molar-refractivity contribution in [3.63, 3.8) is 0 Å². The number of H-pyrrole nitrogens is 1. The lowest BCUT2D eigenvalue weighted by Gasteiger charge is -2.10. The number of pyridine rings is 1. The van der Waals surface area contributed by atoms with Gasteiger partial charge in [0.2, 0.25) is 11.7 Å². The zero-order valence-electron chi connectivity index (χ0n) is 19.9. The number of rotatable bonds is 12. The van der Waals surface area contributed by atoms with Crippen LogP contribution in [0, 0.1) is 0 Å². The fourth-order valence-electron chi connectivity index (χ4n) is 3.28. The van der Waals surface area contributed by atoms with Crippen molar-refractivity contribution in [3.05, 3.63) is 72.1 Å². The van der Waals surface area contributed by atoms with Gasteiger partial charge in [0.05, 0.1) is 12.2 Å². The van der Waals surface area contributed by atoms with Gasteiger partial charge in [-0.3, -0.25) is 4.79 Å². The maximum atomic E-state index is 13.0. The predicted molar refractivity (Wildman–Crippen MR) is 133 cm³/mol. The van der Waals surface area contributed by atoms with E-state index in [1.165, 1.54) is 12.8 Å². The zero-order chi connectivity index (χ0) is 25.6. The van der Waals surface area contributed by atoms with Gasteiger partial charge in [-0.1, -0.05) is 31.0 Å². The topological polar surface area (TPSA) is 133 Å². The van der Waals surface area contributed by atoms with Crippen LogP contribution in [0.5, 0.6) is 5.88 Å². The van der Waals surface area contributed by atoms with Gasteiger partial charge in [0.1, 0.15) is 0 Å². The van der Waals surface area contributed by atoms with Crippen molar-refractivity contribution in [2.24, 2.45) is 0 Å². The number of carbonyl (C=O) groups is 3. The second-order valence-electron chi connectivity index (χ2n) is 8.01. The standard InChI is InChI=1S/C22H27N3O2.C4H4O4/c1-25(2)14-7-3-4-8-15-27-22-18(11-9-13-23-22)21(26)19-16-24-20-12-6-5-10-17(19)20;5-3(6)1-2-4(7)8/h5-6,9-13,16,24H,3-4,7-8,14-15H2,1-2H3;1-2H,(H,5,6)(H,7,8)/b;2-1+. The summed E-state index contributed by atoms with van der Waals surface area (Å²) in [6.45, 7) is 1.69. The zero-order valence-corrected chi connectivity index (χ0v) is 19.9. The van der Waals surface area contributed by atoms with Gasteiger partial charge in [-0.2, -0.15) is 0 Å². The van der Waals surface area contributed by atoms with Gasteiger partial charge in [-0.25, -0.2) is 14.6 Å². The molecule has 3 N–H and O–H groups in total. The van der Waals surface area contributed by atoms with Gasteiger partial charge in [0.25, 0.3) is 0 Å². The molecule has 0 atom stereocenters. The SMILES string of the molecule is CN(C)CCCCCCOc1ncccc1C(=O)c1c[nH]c2ccccc12.O=C(O)/C=C/C(=O)O. The fourth-order valence-corrected chi connectivity index (χ4v) is 3.28. The summed E-state index contributed by atoms with van der Waals surface area (Å²) in [6, 6.07) is 11.3. The number of hydrogen-bond acceptors (Lipinski definition) is 6. The average molecular weight is 482 g/mol. The number of carboxylic acids is 2. The van der Waals surface area contributed by atoms with E-state index in [9.17, 15) is 14.4 Å². The minimum Gasteiger partial charge on any atom is -0.478 e. The molecule has 1 aromatic carbocycles. The molecule has 0 unspecified atom stereocenters. The van der Waals surface area contributed by atoms with Crippen LogP contribution in [0.3, 0.4) is 0 Å². The van der Waals surface area contributed by atoms with E-state index in [4.69, 9.17) is 14.9 Å². The third-order valence-corrected chi connectivity index (χ3v) is 4.96. The van der Waals surface area contributed by atoms with Crippen molar-refractivity contribution < 1.29 is 29.3 Å². The van der Waals surface area contributed by atoms with Crippen LogP contribution in [0.1, 0.15) is 41.6 Å². The first-order valence-electron chi connectivity index (χ1n) is 11.3. The number of hydrogen-bond donors (Lipinski definition) is 3. The van der Waals surface area contributed by atoms with Gasteiger partial charge in [-0.05, 0) is 51.7 Å². The quantitative estimate of drug-likeness (QED) is 0.201. The summed E-state index contributed by atoms with van der Waals surface area (Å²) in [5.41, 5.74) is 2.10. The number of para-hydroxylation sites is 1. The van der Waals surface area contributed by atoms with E-state index in [2.05, 4.69) is 29.0 Å². The summed E-state index contributed by atoms with van der Waals surface area (Å²) in [6.07, 6.45) is 9.00. The molecule has 0 fully saturated rings. The Morgan fingerprint density at radius 3 is 2.31 bits per heavy atom. The van der Waals surface area contributed by atoms with Gasteiger partial charge in [0.15, 0.2) is 0 Å². The monoisotopic (exact) mass is 481 g/mol. The van der Waals surface area contributed by atoms with Crippen LogP contribution in [-0.4, -0.2) is 70.0 Å². The van der Waals surface area contributed by atoms with E-state index >= 15 is 0 Å². The number of nitrogens with zero attached hydrogens (tertiary/aromatic N) is 2. The second kappa shape index (κ2) is 14.3. The van der Waals surface area contributed by atoms with E-state index in [0.29, 0.717) is 35.8 Å². The summed E-state index contributed by atoms with van der Waals surface area (Å²) >= 11 is 0. The first-order chi connectivity index (χ1) is 16.8. The predicted octanol–water partition coefficient (Wildman–Crippen LogP) is 4.01. The lowest BCUT2D eigenvalue weighted by atomic mass is 10.0. The Balaban J connectivity index is 0.000000466. The molecule has 9 nitrogen and oxygen atoms in total. The van der Waals surface area contributed by atoms with Crippen LogP contribution >= 0.6 is 0 Å². The number of ether oxygens (including phenoxy) is 1. The van der Waals surface area contributed by atoms with Crippen molar-refractivity contribution >= 4 is 28.6 Å². The second-order valence-corrected chi connectivity index (χ2v) is 8.01. The molecule has 0 saturated carbocycles. The molecule has 3 aromatic rings. The molecule has 0 amide bonds. The van der Waals surface area contributed by atoms with Gasteiger partial charge in [0, 0.05) is 41.0 Å². The molecular weight excluding hydrogens is 450 g/mol. The van der Waals surface area contributed by atoms with Crippen molar-refractivity contribution in [2.45, 2.75) is 25.7 Å². The number of benzene rings is 1. The van der Waals surface area contributed by atoms with Crippen molar-refractivity contribution in [1.29, 1.82) is 0 Å². The Kier molecular flexibility index (Phi) is 11.2. The summed E-state index contributed by atoms with van der Waals surface area (Å²) in [7, 11) is 4.19. The number of ketones is 1. The fraction of sp³-hybridized carbons (Fsp3) is 0.308. The summed E-state index contributed by atoms with van der Waals surface area (Å²) in [5.74, 6) is -2.16. The normalized spacial score (nSPS) is 10.8. The van der Waals surface area contributed by atoms with Crippen molar-refractivity contribution in [1.82, 2.24) is 14.9 Å². The molecule has 2 heterocycles. The number of carbonyl (C=O) groups excluding carboxylic acids is 1. The van der Waals surface area contributed by atoms with Gasteiger partial charge >= 0.3 is 11.9 Å². The highest BCUT2D eigenvalue weighted by Gasteiger charge is 2.18. The highest BCUT2D eigenvalue weighted by molar-refractivity contribution is 6.17. The largest absolute Gasteiger partial charge is 0.478 e. The maximum Gasteiger partial charge on any atom is 0.328 e. The highest BCUT2D eigenvalue weighted by atomic mass is 16.5. The molecule has 186 valence electrons. The Morgan fingerprint density at radius 2 is 1.63 bits per heavy atom. The van der Waals surface area contributed by atoms with E-state index in [1.807, 2.05) is 24.3 Å². The molecule has 3 rings (SSSR count). The van der Waals surface area contributed by atoms with Crippen LogP contribution in [0.25, 0.3) is 10.9 Å². The van der Waals surface area contributed by atoms with Crippen LogP contribution in [0.2, 0.25) is 0 Å². The molecule has 0 spiro atoms. The van der Waals surface area contributed by atoms with E-state index in [-0.39, 0.29) is 5.78 Å². The van der Waals surface area contributed by atoms with E-state index in [1.54, 1.807) is 24.5 Å². The van der Waals surface area contributed by atoms with Gasteiger partial charge in [-0.15, -0.1) is 0 Å². The molecule has 0 saturated heterocycles. The third kappa shape index (κ3) is 9.42. The van der Waals surface area contributed by atoms with Crippen LogP contribution in [-0.2, 0) is 9.59 Å². The molecule has 0 aliphatic heterocycles. The third-order valence-electron chi connectivity index (χ3n) is 4.96. The Bertz CT molecular complexity index is 1140. The number of aromatic nitrogens is 2. The lowest BCUT2D eigenvalue weighted by Crippen LogP contribution is -2.12. The summed E-state index contributed by atoms with van der Waals surface area (Å²) in [4.78, 5) is 41.8. The van der Waals surface area contributed by atoms with Crippen LogP contribution < -0.4 is 4.74 Å². The highest BCUT2D eigenvalue weighted by Crippen LogP contribution is 2.24. The number of unbranched alkanes of at least 4 members (excludes halogenated alkanes) is 3. The minimum absolute atomic E-state index is 0.0680. The van der Waals surface area contributed by atoms with Gasteiger partial charge < -0.3 is 24.8 Å².